The molecule has 2 atom stereocenters. The summed E-state index contributed by atoms with van der Waals surface area (Å²) in [6.45, 7) is 0. The maximum atomic E-state index is 12.4. The summed E-state index contributed by atoms with van der Waals surface area (Å²) < 4.78 is 16.9. The van der Waals surface area contributed by atoms with Crippen LogP contribution >= 0.6 is 11.6 Å². The Kier molecular flexibility index (Phi) is 4.56. The van der Waals surface area contributed by atoms with Gasteiger partial charge in [-0.05, 0) is 31.7 Å². The quantitative estimate of drug-likeness (QED) is 0.813. The highest BCUT2D eigenvalue weighted by molar-refractivity contribution is 6.32. The fraction of sp³-hybridized carbons (Fsp3) is 0.471. The molecule has 0 aliphatic carbocycles. The SMILES string of the molecule is COc1cc(OC(N)=O)c(Cl)cc1-c1nn(C2CC3CCC(C2)N3)c(=O)o1. The number of piperidine rings is 1. The van der Waals surface area contributed by atoms with Crippen LogP contribution < -0.4 is 26.3 Å². The molecule has 3 N–H and O–H groups in total. The third-order valence-corrected chi connectivity index (χ3v) is 5.35. The molecular weight excluding hydrogens is 376 g/mol. The van der Waals surface area contributed by atoms with Gasteiger partial charge in [-0.3, -0.25) is 0 Å². The molecule has 0 spiro atoms. The number of ether oxygens (including phenoxy) is 2. The number of fused-ring (bicyclic) bond motifs is 2. The van der Waals surface area contributed by atoms with E-state index in [4.69, 9.17) is 31.2 Å². The minimum Gasteiger partial charge on any atom is -0.496 e. The molecule has 2 aliphatic heterocycles. The van der Waals surface area contributed by atoms with Crippen LogP contribution in [0.5, 0.6) is 11.5 Å². The molecule has 2 saturated heterocycles. The lowest BCUT2D eigenvalue weighted by molar-refractivity contribution is 0.210. The molecule has 27 heavy (non-hydrogen) atoms. The monoisotopic (exact) mass is 394 g/mol. The summed E-state index contributed by atoms with van der Waals surface area (Å²) in [6.07, 6.45) is 2.91. The zero-order chi connectivity index (χ0) is 19.1. The number of benzene rings is 1. The van der Waals surface area contributed by atoms with Gasteiger partial charge in [-0.2, -0.15) is 4.68 Å². The van der Waals surface area contributed by atoms with Crippen molar-refractivity contribution in [3.8, 4) is 23.0 Å². The average Bonchev–Trinajstić information content (AvgIpc) is 3.17. The smallest absolute Gasteiger partial charge is 0.437 e. The van der Waals surface area contributed by atoms with Crippen molar-refractivity contribution in [2.45, 2.75) is 43.8 Å². The number of carbonyl (C=O) groups excluding carboxylic acids is 1. The number of amides is 1. The molecule has 2 aliphatic rings. The number of rotatable bonds is 4. The Morgan fingerprint density at radius 1 is 1.33 bits per heavy atom. The van der Waals surface area contributed by atoms with Crippen molar-refractivity contribution in [3.05, 3.63) is 27.7 Å². The number of hydrogen-bond donors (Lipinski definition) is 2. The molecule has 144 valence electrons. The molecule has 2 fully saturated rings. The predicted molar refractivity (Wildman–Crippen MR) is 96.2 cm³/mol. The standard InChI is InChI=1S/C17H19ClN4O5/c1-25-13-7-14(26-16(19)23)12(18)6-11(13)15-21-22(17(24)27-15)10-4-8-2-3-9(5-10)20-8/h6-10,20H,2-5H2,1H3,(H2,19,23). The molecule has 2 unspecified atom stereocenters. The van der Waals surface area contributed by atoms with Crippen LogP contribution in [0, 0.1) is 0 Å². The van der Waals surface area contributed by atoms with Gasteiger partial charge < -0.3 is 24.9 Å². The Hall–Kier alpha value is -2.52. The fourth-order valence-corrected chi connectivity index (χ4v) is 4.11. The van der Waals surface area contributed by atoms with Crippen LogP contribution in [0.4, 0.5) is 4.79 Å². The third-order valence-electron chi connectivity index (χ3n) is 5.06. The van der Waals surface area contributed by atoms with E-state index in [1.807, 2.05) is 0 Å². The first-order valence-corrected chi connectivity index (χ1v) is 9.03. The van der Waals surface area contributed by atoms with E-state index < -0.39 is 11.8 Å². The summed E-state index contributed by atoms with van der Waals surface area (Å²) >= 11 is 6.14. The molecule has 2 aromatic rings. The minimum atomic E-state index is -0.997. The fourth-order valence-electron chi connectivity index (χ4n) is 3.91. The van der Waals surface area contributed by atoms with Crippen LogP contribution in [0.2, 0.25) is 5.02 Å². The topological polar surface area (TPSA) is 122 Å². The van der Waals surface area contributed by atoms with Crippen molar-refractivity contribution >= 4 is 17.7 Å². The van der Waals surface area contributed by atoms with Crippen LogP contribution in [0.25, 0.3) is 11.5 Å². The van der Waals surface area contributed by atoms with Gasteiger partial charge >= 0.3 is 11.8 Å². The van der Waals surface area contributed by atoms with Gasteiger partial charge in [0.25, 0.3) is 5.89 Å². The maximum absolute atomic E-state index is 12.4. The number of methoxy groups -OCH3 is 1. The third kappa shape index (κ3) is 3.40. The molecule has 1 aromatic carbocycles. The predicted octanol–water partition coefficient (Wildman–Crippen LogP) is 2.08. The molecule has 2 bridgehead atoms. The first-order valence-electron chi connectivity index (χ1n) is 8.65. The second-order valence-corrected chi connectivity index (χ2v) is 7.19. The van der Waals surface area contributed by atoms with Crippen LogP contribution in [0.3, 0.4) is 0 Å². The number of nitrogens with two attached hydrogens (primary N) is 1. The molecular formula is C17H19ClN4O5. The van der Waals surface area contributed by atoms with E-state index in [0.29, 0.717) is 17.6 Å². The van der Waals surface area contributed by atoms with Gasteiger partial charge in [-0.25, -0.2) is 9.59 Å². The van der Waals surface area contributed by atoms with Crippen LogP contribution in [-0.4, -0.2) is 35.1 Å². The van der Waals surface area contributed by atoms with Gasteiger partial charge in [0.05, 0.1) is 23.7 Å². The van der Waals surface area contributed by atoms with Gasteiger partial charge in [-0.1, -0.05) is 11.6 Å². The summed E-state index contributed by atoms with van der Waals surface area (Å²) in [5, 5.41) is 8.02. The largest absolute Gasteiger partial charge is 0.496 e. The Morgan fingerprint density at radius 2 is 2.04 bits per heavy atom. The molecule has 10 heteroatoms. The Labute approximate surface area is 159 Å². The highest BCUT2D eigenvalue weighted by Gasteiger charge is 2.36. The molecule has 3 heterocycles. The normalized spacial score (nSPS) is 24.0. The number of nitrogens with one attached hydrogen (secondary N) is 1. The van der Waals surface area contributed by atoms with E-state index in [9.17, 15) is 9.59 Å². The van der Waals surface area contributed by atoms with Crippen LogP contribution in [0.15, 0.2) is 21.3 Å². The highest BCUT2D eigenvalue weighted by atomic mass is 35.5. The van der Waals surface area contributed by atoms with E-state index >= 15 is 0 Å². The number of nitrogens with zero attached hydrogens (tertiary/aromatic N) is 2. The summed E-state index contributed by atoms with van der Waals surface area (Å²) in [7, 11) is 1.43. The number of halogens is 1. The summed E-state index contributed by atoms with van der Waals surface area (Å²) in [5.74, 6) is -0.0990. The molecule has 0 saturated carbocycles. The van der Waals surface area contributed by atoms with Gasteiger partial charge in [0.2, 0.25) is 0 Å². The van der Waals surface area contributed by atoms with Crippen molar-refractivity contribution in [2.75, 3.05) is 7.11 Å². The summed E-state index contributed by atoms with van der Waals surface area (Å²) in [5.41, 5.74) is 5.41. The van der Waals surface area contributed by atoms with Crippen molar-refractivity contribution in [3.63, 3.8) is 0 Å². The van der Waals surface area contributed by atoms with Crippen molar-refractivity contribution < 1.29 is 18.7 Å². The summed E-state index contributed by atoms with van der Waals surface area (Å²) in [4.78, 5) is 23.4. The number of hydrogen-bond acceptors (Lipinski definition) is 7. The minimum absolute atomic E-state index is 0.00677. The molecule has 1 aromatic heterocycles. The Balaban J connectivity index is 1.69. The van der Waals surface area contributed by atoms with Gasteiger partial charge in [0.1, 0.15) is 5.75 Å². The average molecular weight is 395 g/mol. The first-order chi connectivity index (χ1) is 12.9. The van der Waals surface area contributed by atoms with Crippen LogP contribution in [-0.2, 0) is 0 Å². The zero-order valence-corrected chi connectivity index (χ0v) is 15.4. The van der Waals surface area contributed by atoms with Gasteiger partial charge in [-0.15, -0.1) is 5.10 Å². The van der Waals surface area contributed by atoms with Gasteiger partial charge in [0, 0.05) is 18.2 Å². The zero-order valence-electron chi connectivity index (χ0n) is 14.6. The van der Waals surface area contributed by atoms with Crippen molar-refractivity contribution in [1.29, 1.82) is 0 Å². The van der Waals surface area contributed by atoms with E-state index in [-0.39, 0.29) is 28.5 Å². The van der Waals surface area contributed by atoms with Crippen molar-refractivity contribution in [1.82, 2.24) is 15.1 Å². The van der Waals surface area contributed by atoms with E-state index in [1.165, 1.54) is 23.9 Å². The van der Waals surface area contributed by atoms with Gasteiger partial charge in [0.15, 0.2) is 5.75 Å². The lowest BCUT2D eigenvalue weighted by Gasteiger charge is -2.28. The number of primary amides is 1. The van der Waals surface area contributed by atoms with Crippen LogP contribution in [0.1, 0.15) is 31.7 Å². The lowest BCUT2D eigenvalue weighted by Crippen LogP contribution is -2.41. The highest BCUT2D eigenvalue weighted by Crippen LogP contribution is 2.38. The Morgan fingerprint density at radius 3 is 2.67 bits per heavy atom. The van der Waals surface area contributed by atoms with E-state index in [0.717, 1.165) is 25.7 Å². The molecule has 9 nitrogen and oxygen atoms in total. The first kappa shape index (κ1) is 17.9. The molecule has 1 amide bonds. The molecule has 4 rings (SSSR count). The van der Waals surface area contributed by atoms with E-state index in [1.54, 1.807) is 0 Å². The number of carbonyl (C=O) groups is 1. The maximum Gasteiger partial charge on any atom is 0.437 e. The second-order valence-electron chi connectivity index (χ2n) is 6.78. The van der Waals surface area contributed by atoms with E-state index in [2.05, 4.69) is 10.4 Å². The molecule has 0 radical (unpaired) electrons. The lowest BCUT2D eigenvalue weighted by atomic mass is 10.0. The number of aromatic nitrogens is 2. The van der Waals surface area contributed by atoms with Crippen molar-refractivity contribution in [2.24, 2.45) is 5.73 Å². The second kappa shape index (κ2) is 6.90. The Bertz CT molecular complexity index is 928. The summed E-state index contributed by atoms with van der Waals surface area (Å²) in [6, 6.07) is 3.67.